The van der Waals surface area contributed by atoms with Crippen molar-refractivity contribution in [3.05, 3.63) is 92.2 Å². The number of hydrogen-bond acceptors (Lipinski definition) is 6. The van der Waals surface area contributed by atoms with E-state index in [0.29, 0.717) is 46.1 Å². The van der Waals surface area contributed by atoms with E-state index in [-0.39, 0.29) is 0 Å². The minimum atomic E-state index is 0.522. The Kier molecular flexibility index (Phi) is 4.75. The van der Waals surface area contributed by atoms with Gasteiger partial charge in [0, 0.05) is 22.8 Å². The van der Waals surface area contributed by atoms with Crippen LogP contribution in [0.4, 0.5) is 11.4 Å². The molecule has 0 unspecified atom stereocenters. The van der Waals surface area contributed by atoms with Crippen molar-refractivity contribution in [2.45, 2.75) is 13.8 Å². The predicted molar refractivity (Wildman–Crippen MR) is 121 cm³/mol. The van der Waals surface area contributed by atoms with Crippen molar-refractivity contribution < 1.29 is 8.83 Å². The molecule has 0 radical (unpaired) electrons. The van der Waals surface area contributed by atoms with Crippen LogP contribution in [0, 0.1) is 13.8 Å². The molecule has 0 fully saturated rings. The van der Waals surface area contributed by atoms with E-state index in [9.17, 15) is 0 Å². The maximum absolute atomic E-state index is 5.95. The van der Waals surface area contributed by atoms with Gasteiger partial charge in [0.1, 0.15) is 22.8 Å². The monoisotopic (exact) mass is 524 g/mol. The normalized spacial score (nSPS) is 15.5. The lowest BCUT2D eigenvalue weighted by Crippen LogP contribution is -2.20. The average Bonchev–Trinajstić information content (AvgIpc) is 3.30. The number of hydrogen-bond donors (Lipinski definition) is 0. The number of aliphatic imine (C=N–C) groups is 2. The zero-order valence-corrected chi connectivity index (χ0v) is 19.2. The van der Waals surface area contributed by atoms with E-state index in [1.54, 1.807) is 13.8 Å². The number of benzene rings is 2. The Morgan fingerprint density at radius 1 is 0.633 bits per heavy atom. The zero-order valence-electron chi connectivity index (χ0n) is 16.0. The summed E-state index contributed by atoms with van der Waals surface area (Å²) in [6, 6.07) is 15.4. The Balaban J connectivity index is 1.73. The maximum Gasteiger partial charge on any atom is 0.192 e. The molecule has 4 aromatic rings. The largest absolute Gasteiger partial charge is 0.439 e. The minimum Gasteiger partial charge on any atom is -0.439 e. The molecule has 6 nitrogen and oxygen atoms in total. The molecular formula is C22H14Br2N4O2. The van der Waals surface area contributed by atoms with Crippen LogP contribution < -0.4 is 0 Å². The molecule has 2 aromatic carbocycles. The van der Waals surface area contributed by atoms with Crippen LogP contribution in [0.25, 0.3) is 0 Å². The van der Waals surface area contributed by atoms with Gasteiger partial charge >= 0.3 is 0 Å². The number of nitrogens with zero attached hydrogens (tertiary/aromatic N) is 4. The second kappa shape index (κ2) is 7.45. The van der Waals surface area contributed by atoms with Gasteiger partial charge in [0.15, 0.2) is 23.3 Å². The van der Waals surface area contributed by atoms with Gasteiger partial charge in [0.25, 0.3) is 0 Å². The molecule has 0 saturated heterocycles. The van der Waals surface area contributed by atoms with E-state index in [1.807, 2.05) is 48.5 Å². The average molecular weight is 526 g/mol. The maximum atomic E-state index is 5.95. The number of oxazole rings is 2. The first-order valence-electron chi connectivity index (χ1n) is 9.13. The molecule has 148 valence electrons. The zero-order chi connectivity index (χ0) is 20.8. The number of aryl methyl sites for hydroxylation is 2. The van der Waals surface area contributed by atoms with E-state index in [2.05, 4.69) is 41.8 Å². The summed E-state index contributed by atoms with van der Waals surface area (Å²) in [6.07, 6.45) is 0. The summed E-state index contributed by atoms with van der Waals surface area (Å²) in [5, 5.41) is 0. The second-order valence-corrected chi connectivity index (χ2v) is 8.53. The highest BCUT2D eigenvalue weighted by molar-refractivity contribution is 9.10. The van der Waals surface area contributed by atoms with Crippen molar-refractivity contribution in [1.82, 2.24) is 9.97 Å². The molecule has 0 saturated carbocycles. The van der Waals surface area contributed by atoms with Crippen LogP contribution in [0.5, 0.6) is 0 Å². The molecular weight excluding hydrogens is 512 g/mol. The molecule has 5 rings (SSSR count). The molecule has 1 aliphatic rings. The van der Waals surface area contributed by atoms with Gasteiger partial charge in [-0.25, -0.2) is 20.0 Å². The Hall–Kier alpha value is -2.84. The molecule has 0 atom stereocenters. The van der Waals surface area contributed by atoms with Crippen LogP contribution in [0.2, 0.25) is 0 Å². The van der Waals surface area contributed by atoms with Gasteiger partial charge in [-0.15, -0.1) is 0 Å². The predicted octanol–water partition coefficient (Wildman–Crippen LogP) is 6.46. The van der Waals surface area contributed by atoms with Crippen LogP contribution in [0.15, 0.2) is 76.3 Å². The molecule has 0 amide bonds. The van der Waals surface area contributed by atoms with Crippen molar-refractivity contribution in [2.24, 2.45) is 9.98 Å². The van der Waals surface area contributed by atoms with Gasteiger partial charge in [0.2, 0.25) is 0 Å². The van der Waals surface area contributed by atoms with Gasteiger partial charge in [-0.2, -0.15) is 0 Å². The number of fused-ring (bicyclic) bond motifs is 2. The lowest BCUT2D eigenvalue weighted by Gasteiger charge is -2.12. The van der Waals surface area contributed by atoms with Crippen LogP contribution >= 0.6 is 31.9 Å². The third kappa shape index (κ3) is 3.46. The highest BCUT2D eigenvalue weighted by Gasteiger charge is 2.36. The lowest BCUT2D eigenvalue weighted by atomic mass is 9.99. The van der Waals surface area contributed by atoms with E-state index < -0.39 is 0 Å². The topological polar surface area (TPSA) is 76.8 Å². The summed E-state index contributed by atoms with van der Waals surface area (Å²) in [4.78, 5) is 18.8. The molecule has 0 N–H and O–H groups in total. The highest BCUT2D eigenvalue weighted by Crippen LogP contribution is 2.32. The standard InChI is InChI=1S/C22H14Br2N4O2/c1-11-25-17-19(27-15-7-3-13(23)4-8-15)22-18(26-12(2)30-22)20(21(17)29-11)28-16-9-5-14(24)6-10-16/h3-10H,1-2H3. The Morgan fingerprint density at radius 3 is 1.37 bits per heavy atom. The van der Waals surface area contributed by atoms with Crippen LogP contribution in [0.1, 0.15) is 34.7 Å². The summed E-state index contributed by atoms with van der Waals surface area (Å²) in [5.74, 6) is 2.11. The van der Waals surface area contributed by atoms with E-state index in [4.69, 9.17) is 18.8 Å². The van der Waals surface area contributed by atoms with Crippen molar-refractivity contribution in [2.75, 3.05) is 0 Å². The molecule has 2 aromatic heterocycles. The lowest BCUT2D eigenvalue weighted by molar-refractivity contribution is 0.508. The molecule has 1 aliphatic carbocycles. The highest BCUT2D eigenvalue weighted by atomic mass is 79.9. The smallest absolute Gasteiger partial charge is 0.192 e. The van der Waals surface area contributed by atoms with Crippen molar-refractivity contribution >= 4 is 54.7 Å². The number of rotatable bonds is 2. The molecule has 0 spiro atoms. The fourth-order valence-corrected chi connectivity index (χ4v) is 3.74. The van der Waals surface area contributed by atoms with Crippen LogP contribution in [-0.2, 0) is 0 Å². The van der Waals surface area contributed by atoms with E-state index >= 15 is 0 Å². The van der Waals surface area contributed by atoms with E-state index in [1.165, 1.54) is 0 Å². The fourth-order valence-electron chi connectivity index (χ4n) is 3.21. The first-order valence-corrected chi connectivity index (χ1v) is 10.7. The Bertz CT molecular complexity index is 1170. The van der Waals surface area contributed by atoms with Gasteiger partial charge in [0.05, 0.1) is 11.4 Å². The molecule has 0 aliphatic heterocycles. The quantitative estimate of drug-likeness (QED) is 0.265. The summed E-state index contributed by atoms with van der Waals surface area (Å²) < 4.78 is 13.9. The van der Waals surface area contributed by atoms with Crippen molar-refractivity contribution in [3.8, 4) is 0 Å². The SMILES string of the molecule is Cc1nc2c(o1)C(=Nc1ccc(Br)cc1)c1nc(C)oc1C2=Nc1ccc(Br)cc1. The Morgan fingerprint density at radius 2 is 1.00 bits per heavy atom. The molecule has 0 bridgehead atoms. The van der Waals surface area contributed by atoms with Crippen molar-refractivity contribution in [3.63, 3.8) is 0 Å². The summed E-state index contributed by atoms with van der Waals surface area (Å²) in [6.45, 7) is 3.60. The summed E-state index contributed by atoms with van der Waals surface area (Å²) >= 11 is 6.90. The van der Waals surface area contributed by atoms with Gasteiger partial charge < -0.3 is 8.83 Å². The molecule has 2 heterocycles. The van der Waals surface area contributed by atoms with Gasteiger partial charge in [-0.3, -0.25) is 0 Å². The number of aromatic nitrogens is 2. The van der Waals surface area contributed by atoms with Crippen molar-refractivity contribution in [1.29, 1.82) is 0 Å². The summed E-state index contributed by atoms with van der Waals surface area (Å²) in [5.41, 5.74) is 3.88. The van der Waals surface area contributed by atoms with Crippen LogP contribution in [0.3, 0.4) is 0 Å². The minimum absolute atomic E-state index is 0.522. The Labute approximate surface area is 189 Å². The fraction of sp³-hybridized carbons (Fsp3) is 0.0909. The molecule has 8 heteroatoms. The molecule has 30 heavy (non-hydrogen) atoms. The third-order valence-corrected chi connectivity index (χ3v) is 5.54. The second-order valence-electron chi connectivity index (χ2n) is 6.69. The van der Waals surface area contributed by atoms with Crippen LogP contribution in [-0.4, -0.2) is 21.4 Å². The van der Waals surface area contributed by atoms with Gasteiger partial charge in [-0.05, 0) is 48.5 Å². The van der Waals surface area contributed by atoms with E-state index in [0.717, 1.165) is 20.3 Å². The number of halogens is 2. The van der Waals surface area contributed by atoms with Gasteiger partial charge in [-0.1, -0.05) is 31.9 Å². The summed E-state index contributed by atoms with van der Waals surface area (Å²) in [7, 11) is 0. The first kappa shape index (κ1) is 19.1. The third-order valence-electron chi connectivity index (χ3n) is 4.48. The first-order chi connectivity index (χ1) is 14.5.